The monoisotopic (exact) mass is 451 g/mol. The van der Waals surface area contributed by atoms with Gasteiger partial charge in [-0.15, -0.1) is 0 Å². The molecule has 1 amide bonds. The molecule has 1 aliphatic heterocycles. The lowest BCUT2D eigenvalue weighted by Crippen LogP contribution is -2.37. The first-order valence-corrected chi connectivity index (χ1v) is 10.7. The molecular formula is C23H19Cl2N5O. The molecule has 3 heterocycles. The lowest BCUT2D eigenvalue weighted by atomic mass is 10.1. The van der Waals surface area contributed by atoms with E-state index in [4.69, 9.17) is 28.2 Å². The number of halogens is 2. The van der Waals surface area contributed by atoms with Crippen molar-refractivity contribution in [2.45, 2.75) is 12.5 Å². The highest BCUT2D eigenvalue weighted by molar-refractivity contribution is 6.45. The van der Waals surface area contributed by atoms with Crippen molar-refractivity contribution in [1.29, 1.82) is 0 Å². The Labute approximate surface area is 189 Å². The van der Waals surface area contributed by atoms with Crippen molar-refractivity contribution in [3.8, 4) is 5.69 Å². The minimum absolute atomic E-state index is 0.0386. The van der Waals surface area contributed by atoms with Crippen LogP contribution < -0.4 is 10.2 Å². The second kappa shape index (κ2) is 8.21. The Morgan fingerprint density at radius 2 is 1.97 bits per heavy atom. The molecule has 2 aromatic carbocycles. The molecule has 8 heteroatoms. The summed E-state index contributed by atoms with van der Waals surface area (Å²) in [5.41, 5.74) is 2.23. The minimum atomic E-state index is -0.0622. The average Bonchev–Trinajstić information content (AvgIpc) is 3.49. The molecular weight excluding hydrogens is 433 g/mol. The molecule has 31 heavy (non-hydrogen) atoms. The predicted octanol–water partition coefficient (Wildman–Crippen LogP) is 4.74. The number of carbonyl (C=O) groups is 1. The van der Waals surface area contributed by atoms with E-state index in [0.717, 1.165) is 29.9 Å². The first-order chi connectivity index (χ1) is 15.1. The van der Waals surface area contributed by atoms with E-state index in [1.54, 1.807) is 18.6 Å². The molecule has 1 atom stereocenters. The Bertz CT molecular complexity index is 1240. The van der Waals surface area contributed by atoms with Crippen LogP contribution in [0, 0.1) is 0 Å². The number of benzene rings is 2. The number of fused-ring (bicyclic) bond motifs is 1. The second-order valence-corrected chi connectivity index (χ2v) is 8.28. The summed E-state index contributed by atoms with van der Waals surface area (Å²) >= 11 is 12.8. The van der Waals surface area contributed by atoms with Crippen molar-refractivity contribution >= 4 is 45.8 Å². The fraction of sp³-hybridized carbons (Fsp3) is 0.174. The molecule has 0 aliphatic carbocycles. The van der Waals surface area contributed by atoms with Crippen LogP contribution in [-0.4, -0.2) is 39.6 Å². The van der Waals surface area contributed by atoms with Gasteiger partial charge in [-0.2, -0.15) is 0 Å². The van der Waals surface area contributed by atoms with E-state index in [-0.39, 0.29) is 11.9 Å². The quantitative estimate of drug-likeness (QED) is 0.486. The summed E-state index contributed by atoms with van der Waals surface area (Å²) in [4.78, 5) is 23.7. The number of nitrogens with one attached hydrogen (secondary N) is 1. The third kappa shape index (κ3) is 3.84. The van der Waals surface area contributed by atoms with Gasteiger partial charge in [0.2, 0.25) is 0 Å². The van der Waals surface area contributed by atoms with Crippen molar-refractivity contribution in [2.24, 2.45) is 0 Å². The molecule has 0 spiro atoms. The second-order valence-electron chi connectivity index (χ2n) is 7.50. The number of nitrogens with zero attached hydrogens (tertiary/aromatic N) is 4. The van der Waals surface area contributed by atoms with Crippen LogP contribution in [0.15, 0.2) is 67.3 Å². The van der Waals surface area contributed by atoms with Gasteiger partial charge in [-0.3, -0.25) is 4.79 Å². The Balaban J connectivity index is 1.45. The molecule has 6 nitrogen and oxygen atoms in total. The van der Waals surface area contributed by atoms with Gasteiger partial charge in [0, 0.05) is 48.5 Å². The lowest BCUT2D eigenvalue weighted by molar-refractivity contribution is 0.0940. The van der Waals surface area contributed by atoms with Gasteiger partial charge in [-0.05, 0) is 30.7 Å². The molecule has 5 rings (SSSR count). The van der Waals surface area contributed by atoms with E-state index in [0.29, 0.717) is 27.7 Å². The Hall–Kier alpha value is -3.09. The number of hydrogen-bond donors (Lipinski definition) is 1. The number of pyridine rings is 1. The third-order valence-corrected chi connectivity index (χ3v) is 6.30. The van der Waals surface area contributed by atoms with Crippen molar-refractivity contribution in [1.82, 2.24) is 19.9 Å². The maximum atomic E-state index is 12.5. The number of aromatic nitrogens is 3. The van der Waals surface area contributed by atoms with Crippen LogP contribution in [0.4, 0.5) is 5.82 Å². The van der Waals surface area contributed by atoms with Crippen LogP contribution in [0.5, 0.6) is 0 Å². The van der Waals surface area contributed by atoms with E-state index in [1.807, 2.05) is 53.2 Å². The van der Waals surface area contributed by atoms with Crippen molar-refractivity contribution in [3.63, 3.8) is 0 Å². The molecule has 1 aliphatic rings. The smallest absolute Gasteiger partial charge is 0.251 e. The fourth-order valence-electron chi connectivity index (χ4n) is 3.92. The average molecular weight is 452 g/mol. The summed E-state index contributed by atoms with van der Waals surface area (Å²) in [5, 5.41) is 4.91. The predicted molar refractivity (Wildman–Crippen MR) is 123 cm³/mol. The Kier molecular flexibility index (Phi) is 5.26. The van der Waals surface area contributed by atoms with E-state index < -0.39 is 0 Å². The van der Waals surface area contributed by atoms with Gasteiger partial charge in [0.05, 0.1) is 27.6 Å². The SMILES string of the molecule is O=C(N[C@@H]1CCN(c2cc(-n3ccnc3)c3ccc(Cl)c(Cl)c3n2)C1)c1ccccc1. The molecule has 2 aromatic heterocycles. The van der Waals surface area contributed by atoms with Crippen LogP contribution >= 0.6 is 23.2 Å². The number of imidazole rings is 1. The summed E-state index contributed by atoms with van der Waals surface area (Å²) in [6.45, 7) is 1.44. The van der Waals surface area contributed by atoms with Crippen molar-refractivity contribution in [2.75, 3.05) is 18.0 Å². The highest BCUT2D eigenvalue weighted by atomic mass is 35.5. The van der Waals surface area contributed by atoms with Gasteiger partial charge in [0.25, 0.3) is 5.91 Å². The van der Waals surface area contributed by atoms with E-state index in [9.17, 15) is 4.79 Å². The highest BCUT2D eigenvalue weighted by Gasteiger charge is 2.26. The van der Waals surface area contributed by atoms with E-state index in [2.05, 4.69) is 15.2 Å². The first-order valence-electron chi connectivity index (χ1n) is 9.98. The topological polar surface area (TPSA) is 63.1 Å². The largest absolute Gasteiger partial charge is 0.354 e. The van der Waals surface area contributed by atoms with Gasteiger partial charge < -0.3 is 14.8 Å². The standard InChI is InChI=1S/C23H19Cl2N5O/c24-18-7-6-17-19(30-11-9-26-14-30)12-20(28-22(17)21(18)25)29-10-8-16(13-29)27-23(31)15-4-2-1-3-5-15/h1-7,9,11-12,14,16H,8,10,13H2,(H,27,31)/t16-/m1/s1. The van der Waals surface area contributed by atoms with Crippen LogP contribution in [0.2, 0.25) is 10.0 Å². The lowest BCUT2D eigenvalue weighted by Gasteiger charge is -2.20. The molecule has 1 N–H and O–H groups in total. The summed E-state index contributed by atoms with van der Waals surface area (Å²) < 4.78 is 1.93. The molecule has 0 saturated carbocycles. The molecule has 1 fully saturated rings. The molecule has 4 aromatic rings. The third-order valence-electron chi connectivity index (χ3n) is 5.50. The Morgan fingerprint density at radius 1 is 1.13 bits per heavy atom. The van der Waals surface area contributed by atoms with Gasteiger partial charge in [0.1, 0.15) is 5.82 Å². The maximum Gasteiger partial charge on any atom is 0.251 e. The summed E-state index contributed by atoms with van der Waals surface area (Å²) in [7, 11) is 0. The highest BCUT2D eigenvalue weighted by Crippen LogP contribution is 2.35. The zero-order valence-electron chi connectivity index (χ0n) is 16.5. The van der Waals surface area contributed by atoms with Gasteiger partial charge in [-0.1, -0.05) is 41.4 Å². The van der Waals surface area contributed by atoms with Gasteiger partial charge in [-0.25, -0.2) is 9.97 Å². The number of anilines is 1. The molecule has 0 bridgehead atoms. The van der Waals surface area contributed by atoms with Crippen molar-refractivity contribution in [3.05, 3.63) is 82.9 Å². The minimum Gasteiger partial charge on any atom is -0.354 e. The fourth-order valence-corrected chi connectivity index (χ4v) is 4.28. The molecule has 1 saturated heterocycles. The van der Waals surface area contributed by atoms with Crippen LogP contribution in [0.1, 0.15) is 16.8 Å². The first kappa shape index (κ1) is 19.8. The molecule has 156 valence electrons. The maximum absolute atomic E-state index is 12.5. The zero-order chi connectivity index (χ0) is 21.4. The summed E-state index contributed by atoms with van der Waals surface area (Å²) in [6, 6.07) is 15.0. The Morgan fingerprint density at radius 3 is 2.74 bits per heavy atom. The van der Waals surface area contributed by atoms with Gasteiger partial charge >= 0.3 is 0 Å². The number of hydrogen-bond acceptors (Lipinski definition) is 4. The van der Waals surface area contributed by atoms with Gasteiger partial charge in [0.15, 0.2) is 0 Å². The van der Waals surface area contributed by atoms with E-state index >= 15 is 0 Å². The molecule has 0 radical (unpaired) electrons. The number of carbonyl (C=O) groups excluding carboxylic acids is 1. The zero-order valence-corrected chi connectivity index (χ0v) is 18.0. The van der Waals surface area contributed by atoms with Crippen LogP contribution in [0.25, 0.3) is 16.6 Å². The molecule has 0 unspecified atom stereocenters. The summed E-state index contributed by atoms with van der Waals surface area (Å²) in [5.74, 6) is 0.727. The number of rotatable bonds is 4. The summed E-state index contributed by atoms with van der Waals surface area (Å²) in [6.07, 6.45) is 6.19. The van der Waals surface area contributed by atoms with E-state index in [1.165, 1.54) is 0 Å². The normalized spacial score (nSPS) is 16.1. The van der Waals surface area contributed by atoms with Crippen molar-refractivity contribution < 1.29 is 4.79 Å². The van der Waals surface area contributed by atoms with Crippen LogP contribution in [-0.2, 0) is 0 Å². The number of amides is 1. The van der Waals surface area contributed by atoms with Crippen LogP contribution in [0.3, 0.4) is 0 Å².